The number of nitrogen functional groups attached to an aromatic ring is 5. The molecule has 0 saturated carbocycles. The summed E-state index contributed by atoms with van der Waals surface area (Å²) >= 11 is 0. The second kappa shape index (κ2) is 23.7. The van der Waals surface area contributed by atoms with Crippen LogP contribution in [0, 0.1) is 0 Å². The molecule has 0 aliphatic carbocycles. The van der Waals surface area contributed by atoms with E-state index in [-0.39, 0.29) is 0 Å². The fraction of sp³-hybridized carbons (Fsp3) is 0.104. The molecule has 0 aromatic heterocycles. The fourth-order valence-electron chi connectivity index (χ4n) is 9.00. The van der Waals surface area contributed by atoms with Crippen LogP contribution in [0.5, 0.6) is 0 Å². The molecule has 10 rings (SSSR count). The second-order valence-electron chi connectivity index (χ2n) is 19.2. The molecule has 362 valence electrons. The molecule has 0 fully saturated rings. The van der Waals surface area contributed by atoms with Gasteiger partial charge in [0.1, 0.15) is 0 Å². The van der Waals surface area contributed by atoms with Crippen molar-refractivity contribution in [2.45, 2.75) is 44.9 Å². The number of hydrogen-bond acceptors (Lipinski definition) is 6. The highest BCUT2D eigenvalue weighted by Crippen LogP contribution is 2.25. The van der Waals surface area contributed by atoms with Gasteiger partial charge in [-0.15, -0.1) is 0 Å². The fourth-order valence-corrected chi connectivity index (χ4v) is 9.00. The molecule has 0 aliphatic heterocycles. The minimum absolute atomic E-state index is 0.756. The predicted molar refractivity (Wildman–Crippen MR) is 309 cm³/mol. The van der Waals surface area contributed by atoms with Gasteiger partial charge in [-0.25, -0.2) is 0 Å². The lowest BCUT2D eigenvalue weighted by Crippen LogP contribution is -1.99. The van der Waals surface area contributed by atoms with E-state index in [4.69, 9.17) is 28.7 Å². The lowest BCUT2D eigenvalue weighted by molar-refractivity contribution is 1.12. The van der Waals surface area contributed by atoms with Crippen LogP contribution in [0.3, 0.4) is 0 Å². The summed E-state index contributed by atoms with van der Waals surface area (Å²) in [5.74, 6) is 0. The number of nitrogens with two attached hydrogens (primary N) is 5. The summed E-state index contributed by atoms with van der Waals surface area (Å²) in [5.41, 5.74) is 53.6. The van der Waals surface area contributed by atoms with Gasteiger partial charge in [0.05, 0.1) is 0 Å². The summed E-state index contributed by atoms with van der Waals surface area (Å²) in [4.78, 5) is 0. The number of hydrogen-bond donors (Lipinski definition) is 6. The van der Waals surface area contributed by atoms with E-state index in [1.165, 1.54) is 72.3 Å². The van der Waals surface area contributed by atoms with Crippen LogP contribution in [0.4, 0.5) is 39.8 Å². The van der Waals surface area contributed by atoms with E-state index in [9.17, 15) is 0 Å². The Kier molecular flexibility index (Phi) is 15.9. The summed E-state index contributed by atoms with van der Waals surface area (Å²) in [5, 5.41) is 3.42. The first-order valence-electron chi connectivity index (χ1n) is 25.0. The Hall–Kier alpha value is -9.00. The summed E-state index contributed by atoms with van der Waals surface area (Å²) in [7, 11) is 0. The molecule has 73 heavy (non-hydrogen) atoms. The molecular formula is C67H64N6. The van der Waals surface area contributed by atoms with Crippen molar-refractivity contribution >= 4 is 39.8 Å². The van der Waals surface area contributed by atoms with Crippen LogP contribution < -0.4 is 34.0 Å². The molecule has 11 N–H and O–H groups in total. The maximum Gasteiger partial charge on any atom is 0.0385 e. The van der Waals surface area contributed by atoms with Gasteiger partial charge in [-0.05, 0) is 202 Å². The zero-order chi connectivity index (χ0) is 50.4. The minimum Gasteiger partial charge on any atom is -0.399 e. The van der Waals surface area contributed by atoms with Crippen LogP contribution in [0.2, 0.25) is 0 Å². The van der Waals surface area contributed by atoms with Crippen molar-refractivity contribution in [3.8, 4) is 0 Å². The average molecular weight is 953 g/mol. The van der Waals surface area contributed by atoms with Gasteiger partial charge in [-0.1, -0.05) is 158 Å². The SMILES string of the molecule is Nc1ccc(Cc2ccc(Cc3ccc(Cc4ccc(N)c(Cc5ccc(Nc6ccc(N)cc6)cc5)c4)cc3)cc2)cc1.Nc1ccc(Cc2ccc(Cc3ccc(Cc4ccc(N)cc4)cc3)cc2)cc1. The second-order valence-corrected chi connectivity index (χ2v) is 19.2. The Bertz CT molecular complexity index is 3200. The van der Waals surface area contributed by atoms with E-state index in [1.807, 2.05) is 66.7 Å². The first-order valence-corrected chi connectivity index (χ1v) is 25.0. The van der Waals surface area contributed by atoms with Crippen molar-refractivity contribution < 1.29 is 0 Å². The van der Waals surface area contributed by atoms with E-state index < -0.39 is 0 Å². The normalized spacial score (nSPS) is 10.8. The maximum absolute atomic E-state index is 6.39. The molecular weight excluding hydrogens is 889 g/mol. The van der Waals surface area contributed by atoms with Crippen molar-refractivity contribution in [1.29, 1.82) is 0 Å². The quantitative estimate of drug-likeness (QED) is 0.0533. The number of rotatable bonds is 16. The van der Waals surface area contributed by atoms with E-state index in [2.05, 4.69) is 175 Å². The molecule has 0 amide bonds. The predicted octanol–water partition coefficient (Wildman–Crippen LogP) is 14.2. The van der Waals surface area contributed by atoms with Gasteiger partial charge in [0, 0.05) is 39.8 Å². The third-order valence-corrected chi connectivity index (χ3v) is 13.2. The lowest BCUT2D eigenvalue weighted by Gasteiger charge is -2.11. The molecule has 0 unspecified atom stereocenters. The Morgan fingerprint density at radius 2 is 0.397 bits per heavy atom. The molecule has 0 spiro atoms. The highest BCUT2D eigenvalue weighted by atomic mass is 14.9. The molecule has 6 heteroatoms. The van der Waals surface area contributed by atoms with Crippen LogP contribution in [0.1, 0.15) is 77.9 Å². The molecule has 0 aliphatic rings. The summed E-state index contributed by atoms with van der Waals surface area (Å²) in [6.45, 7) is 0. The number of nitrogens with one attached hydrogen (secondary N) is 1. The van der Waals surface area contributed by atoms with Gasteiger partial charge < -0.3 is 34.0 Å². The Morgan fingerprint density at radius 1 is 0.205 bits per heavy atom. The summed E-state index contributed by atoms with van der Waals surface area (Å²) in [6, 6.07) is 82.7. The number of anilines is 7. The molecule has 10 aromatic rings. The maximum atomic E-state index is 6.39. The van der Waals surface area contributed by atoms with Crippen molar-refractivity contribution in [3.05, 3.63) is 314 Å². The van der Waals surface area contributed by atoms with Crippen LogP contribution in [0.25, 0.3) is 0 Å². The minimum atomic E-state index is 0.756. The monoisotopic (exact) mass is 953 g/mol. The van der Waals surface area contributed by atoms with E-state index in [0.717, 1.165) is 90.3 Å². The molecule has 0 atom stereocenters. The van der Waals surface area contributed by atoms with Crippen molar-refractivity contribution in [1.82, 2.24) is 0 Å². The molecule has 0 bridgehead atoms. The average Bonchev–Trinajstić information content (AvgIpc) is 3.41. The Morgan fingerprint density at radius 3 is 0.685 bits per heavy atom. The third-order valence-electron chi connectivity index (χ3n) is 13.2. The number of benzene rings is 10. The summed E-state index contributed by atoms with van der Waals surface area (Å²) < 4.78 is 0. The lowest BCUT2D eigenvalue weighted by atomic mass is 9.96. The molecule has 6 nitrogen and oxygen atoms in total. The van der Waals surface area contributed by atoms with Gasteiger partial charge in [0.25, 0.3) is 0 Å². The van der Waals surface area contributed by atoms with Crippen LogP contribution in [0.15, 0.2) is 237 Å². The highest BCUT2D eigenvalue weighted by Gasteiger charge is 2.08. The van der Waals surface area contributed by atoms with Gasteiger partial charge >= 0.3 is 0 Å². The summed E-state index contributed by atoms with van der Waals surface area (Å²) in [6.07, 6.45) is 6.31. The zero-order valence-corrected chi connectivity index (χ0v) is 41.4. The first kappa shape index (κ1) is 49.0. The van der Waals surface area contributed by atoms with Gasteiger partial charge in [0.15, 0.2) is 0 Å². The molecule has 0 heterocycles. The van der Waals surface area contributed by atoms with E-state index in [1.54, 1.807) is 0 Å². The molecule has 0 saturated heterocycles. The topological polar surface area (TPSA) is 142 Å². The van der Waals surface area contributed by atoms with Crippen molar-refractivity contribution in [2.24, 2.45) is 0 Å². The van der Waals surface area contributed by atoms with Crippen LogP contribution in [-0.2, 0) is 44.9 Å². The molecule has 10 aromatic carbocycles. The zero-order valence-electron chi connectivity index (χ0n) is 41.4. The largest absolute Gasteiger partial charge is 0.399 e. The van der Waals surface area contributed by atoms with Gasteiger partial charge in [-0.2, -0.15) is 0 Å². The van der Waals surface area contributed by atoms with Gasteiger partial charge in [0.2, 0.25) is 0 Å². The van der Waals surface area contributed by atoms with Crippen molar-refractivity contribution in [3.63, 3.8) is 0 Å². The first-order chi connectivity index (χ1) is 35.6. The van der Waals surface area contributed by atoms with Gasteiger partial charge in [-0.3, -0.25) is 0 Å². The third kappa shape index (κ3) is 14.8. The Balaban J connectivity index is 0.000000196. The highest BCUT2D eigenvalue weighted by molar-refractivity contribution is 5.62. The standard InChI is InChI=1S/C40H38N4.C27H26N2/c41-36-14-9-32(10-15-36)24-30-3-1-28(2-4-30)23-29-5-7-31(8-6-29)25-34-13-22-40(43)35(27-34)26-33-11-18-38(19-12-33)44-39-20-16-37(42)17-21-39;28-26-13-9-24(10-14-26)18-22-5-1-20(2-6-22)17-21-3-7-23(8-4-21)19-25-11-15-27(29)16-12-25/h1-22,27,44H,23-26,41-43H2;1-16H,17-19,28-29H2. The van der Waals surface area contributed by atoms with E-state index >= 15 is 0 Å². The smallest absolute Gasteiger partial charge is 0.0385 e. The molecule has 0 radical (unpaired) electrons. The van der Waals surface area contributed by atoms with Crippen molar-refractivity contribution in [2.75, 3.05) is 34.0 Å². The Labute approximate surface area is 431 Å². The van der Waals surface area contributed by atoms with E-state index in [0.29, 0.717) is 0 Å². The van der Waals surface area contributed by atoms with Crippen LogP contribution in [-0.4, -0.2) is 0 Å². The van der Waals surface area contributed by atoms with Crippen LogP contribution >= 0.6 is 0 Å².